The minimum absolute atomic E-state index is 0.0170. The Morgan fingerprint density at radius 1 is 1.00 bits per heavy atom. The highest BCUT2D eigenvalue weighted by Crippen LogP contribution is 2.24. The molecule has 0 atom stereocenters. The van der Waals surface area contributed by atoms with Gasteiger partial charge in [-0.2, -0.15) is 0 Å². The monoisotopic (exact) mass is 268 g/mol. The van der Waals surface area contributed by atoms with Gasteiger partial charge in [-0.3, -0.25) is 4.79 Å². The van der Waals surface area contributed by atoms with Crippen LogP contribution in [0.25, 0.3) is 0 Å². The van der Waals surface area contributed by atoms with Crippen molar-refractivity contribution in [1.29, 1.82) is 0 Å². The van der Waals surface area contributed by atoms with E-state index in [-0.39, 0.29) is 16.1 Å². The first-order valence-corrected chi connectivity index (χ1v) is 5.59. The topological polar surface area (TPSA) is 17.1 Å². The van der Waals surface area contributed by atoms with Crippen LogP contribution in [0.5, 0.6) is 0 Å². The van der Waals surface area contributed by atoms with E-state index in [2.05, 4.69) is 0 Å². The largest absolute Gasteiger partial charge is 0.288 e. The summed E-state index contributed by atoms with van der Waals surface area (Å²) in [4.78, 5) is 12.1. The smallest absolute Gasteiger partial charge is 0.197 e. The molecule has 2 rings (SSSR count). The fraction of sp³-hybridized carbons (Fsp3) is 0. The Morgan fingerprint density at radius 3 is 2.41 bits per heavy atom. The van der Waals surface area contributed by atoms with Gasteiger partial charge in [0, 0.05) is 10.6 Å². The quantitative estimate of drug-likeness (QED) is 0.740. The summed E-state index contributed by atoms with van der Waals surface area (Å²) in [6, 6.07) is 10.3. The van der Waals surface area contributed by atoms with Gasteiger partial charge in [0.2, 0.25) is 0 Å². The molecule has 0 amide bonds. The SMILES string of the molecule is O=C(c1ccccc1F)c1cc(Cl)ccc1Cl. The third-order valence-corrected chi connectivity index (χ3v) is 2.86. The Balaban J connectivity index is 2.51. The van der Waals surface area contributed by atoms with Crippen LogP contribution in [0.15, 0.2) is 42.5 Å². The predicted octanol–water partition coefficient (Wildman–Crippen LogP) is 4.36. The lowest BCUT2D eigenvalue weighted by atomic mass is 10.0. The molecule has 2 aromatic rings. The van der Waals surface area contributed by atoms with E-state index < -0.39 is 11.6 Å². The van der Waals surface area contributed by atoms with Gasteiger partial charge in [-0.25, -0.2) is 4.39 Å². The van der Waals surface area contributed by atoms with Crippen molar-refractivity contribution in [3.8, 4) is 0 Å². The van der Waals surface area contributed by atoms with Gasteiger partial charge >= 0.3 is 0 Å². The lowest BCUT2D eigenvalue weighted by Gasteiger charge is -2.05. The zero-order chi connectivity index (χ0) is 12.4. The molecule has 0 saturated carbocycles. The third-order valence-electron chi connectivity index (χ3n) is 2.29. The van der Waals surface area contributed by atoms with Crippen LogP contribution in [0, 0.1) is 5.82 Å². The van der Waals surface area contributed by atoms with Crippen molar-refractivity contribution in [3.05, 3.63) is 69.5 Å². The van der Waals surface area contributed by atoms with Crippen molar-refractivity contribution in [1.82, 2.24) is 0 Å². The molecule has 0 unspecified atom stereocenters. The fourth-order valence-electron chi connectivity index (χ4n) is 1.46. The van der Waals surface area contributed by atoms with E-state index in [1.54, 1.807) is 12.1 Å². The zero-order valence-corrected chi connectivity index (χ0v) is 10.1. The summed E-state index contributed by atoms with van der Waals surface area (Å²) in [6.07, 6.45) is 0. The first kappa shape index (κ1) is 12.1. The molecule has 0 bridgehead atoms. The number of hydrogen-bond acceptors (Lipinski definition) is 1. The Bertz CT molecular complexity index is 581. The second-order valence-corrected chi connectivity index (χ2v) is 4.28. The minimum atomic E-state index is -0.575. The van der Waals surface area contributed by atoms with E-state index in [4.69, 9.17) is 23.2 Å². The summed E-state index contributed by atoms with van der Waals surface area (Å²) in [5.41, 5.74) is 0.181. The highest BCUT2D eigenvalue weighted by atomic mass is 35.5. The second kappa shape index (κ2) is 4.86. The van der Waals surface area contributed by atoms with Crippen LogP contribution in [0.4, 0.5) is 4.39 Å². The first-order valence-electron chi connectivity index (χ1n) is 4.84. The molecule has 0 N–H and O–H groups in total. The molecule has 86 valence electrons. The molecule has 17 heavy (non-hydrogen) atoms. The number of halogens is 3. The molecule has 0 fully saturated rings. The summed E-state index contributed by atoms with van der Waals surface area (Å²) < 4.78 is 13.5. The second-order valence-electron chi connectivity index (χ2n) is 3.43. The van der Waals surface area contributed by atoms with Gasteiger partial charge in [0.05, 0.1) is 10.6 Å². The average Bonchev–Trinajstić information content (AvgIpc) is 2.32. The molecule has 0 aliphatic heterocycles. The molecular weight excluding hydrogens is 262 g/mol. The van der Waals surface area contributed by atoms with E-state index in [0.29, 0.717) is 5.02 Å². The predicted molar refractivity (Wildman–Crippen MR) is 66.3 cm³/mol. The van der Waals surface area contributed by atoms with Crippen molar-refractivity contribution >= 4 is 29.0 Å². The van der Waals surface area contributed by atoms with Crippen molar-refractivity contribution in [2.45, 2.75) is 0 Å². The highest BCUT2D eigenvalue weighted by molar-refractivity contribution is 6.36. The van der Waals surface area contributed by atoms with Crippen LogP contribution in [0.2, 0.25) is 10.0 Å². The Labute approximate surface area is 108 Å². The summed E-state index contributed by atoms with van der Waals surface area (Å²) in [7, 11) is 0. The third kappa shape index (κ3) is 2.48. The van der Waals surface area contributed by atoms with Gasteiger partial charge in [-0.05, 0) is 30.3 Å². The Morgan fingerprint density at radius 2 is 1.71 bits per heavy atom. The maximum atomic E-state index is 13.5. The lowest BCUT2D eigenvalue weighted by molar-refractivity contribution is 0.103. The van der Waals surface area contributed by atoms with Crippen molar-refractivity contribution < 1.29 is 9.18 Å². The first-order chi connectivity index (χ1) is 8.09. The highest BCUT2D eigenvalue weighted by Gasteiger charge is 2.16. The van der Waals surface area contributed by atoms with E-state index in [9.17, 15) is 9.18 Å². The molecule has 0 heterocycles. The Kier molecular flexibility index (Phi) is 3.46. The van der Waals surface area contributed by atoms with Gasteiger partial charge in [-0.1, -0.05) is 35.3 Å². The van der Waals surface area contributed by atoms with E-state index in [0.717, 1.165) is 0 Å². The number of hydrogen-bond donors (Lipinski definition) is 0. The normalized spacial score (nSPS) is 10.3. The fourth-order valence-corrected chi connectivity index (χ4v) is 1.84. The van der Waals surface area contributed by atoms with Crippen LogP contribution >= 0.6 is 23.2 Å². The maximum Gasteiger partial charge on any atom is 0.197 e. The summed E-state index contributed by atoms with van der Waals surface area (Å²) in [5, 5.41) is 0.636. The molecule has 0 aliphatic carbocycles. The van der Waals surface area contributed by atoms with E-state index in [1.807, 2.05) is 0 Å². The van der Waals surface area contributed by atoms with Crippen molar-refractivity contribution in [2.75, 3.05) is 0 Å². The minimum Gasteiger partial charge on any atom is -0.288 e. The molecule has 0 spiro atoms. The molecule has 1 nitrogen and oxygen atoms in total. The van der Waals surface area contributed by atoms with Crippen molar-refractivity contribution in [2.24, 2.45) is 0 Å². The molecule has 2 aromatic carbocycles. The van der Waals surface area contributed by atoms with E-state index >= 15 is 0 Å². The number of ketones is 1. The molecule has 0 aliphatic rings. The number of benzene rings is 2. The maximum absolute atomic E-state index is 13.5. The molecule has 0 radical (unpaired) electrons. The van der Waals surface area contributed by atoms with Gasteiger partial charge in [0.15, 0.2) is 5.78 Å². The van der Waals surface area contributed by atoms with Gasteiger partial charge in [0.25, 0.3) is 0 Å². The molecular formula is C13H7Cl2FO. The molecule has 0 saturated heterocycles. The van der Waals surface area contributed by atoms with Crippen molar-refractivity contribution in [3.63, 3.8) is 0 Å². The number of rotatable bonds is 2. The van der Waals surface area contributed by atoms with Crippen LogP contribution in [0.3, 0.4) is 0 Å². The van der Waals surface area contributed by atoms with E-state index in [1.165, 1.54) is 30.3 Å². The van der Waals surface area contributed by atoms with Gasteiger partial charge in [-0.15, -0.1) is 0 Å². The number of carbonyl (C=O) groups is 1. The lowest BCUT2D eigenvalue weighted by Crippen LogP contribution is -2.04. The van der Waals surface area contributed by atoms with Crippen LogP contribution in [-0.2, 0) is 0 Å². The average molecular weight is 269 g/mol. The molecule has 4 heteroatoms. The summed E-state index contributed by atoms with van der Waals surface area (Å²) >= 11 is 11.7. The van der Waals surface area contributed by atoms with Gasteiger partial charge in [0.1, 0.15) is 5.82 Å². The Hall–Kier alpha value is -1.38. The van der Waals surface area contributed by atoms with Gasteiger partial charge < -0.3 is 0 Å². The molecule has 0 aromatic heterocycles. The number of carbonyl (C=O) groups excluding carboxylic acids is 1. The zero-order valence-electron chi connectivity index (χ0n) is 8.58. The summed E-state index contributed by atoms with van der Waals surface area (Å²) in [6.45, 7) is 0. The summed E-state index contributed by atoms with van der Waals surface area (Å²) in [5.74, 6) is -1.05. The van der Waals surface area contributed by atoms with Crippen LogP contribution < -0.4 is 0 Å². The standard InChI is InChI=1S/C13H7Cl2FO/c14-8-5-6-11(15)10(7-8)13(17)9-3-1-2-4-12(9)16/h1-7H. The van der Waals surface area contributed by atoms with Crippen LogP contribution in [-0.4, -0.2) is 5.78 Å². The van der Waals surface area contributed by atoms with Crippen LogP contribution in [0.1, 0.15) is 15.9 Å².